The summed E-state index contributed by atoms with van der Waals surface area (Å²) in [6.45, 7) is 0.352. The fourth-order valence-corrected chi connectivity index (χ4v) is 1.95. The Labute approximate surface area is 101 Å². The van der Waals surface area contributed by atoms with Crippen LogP contribution < -0.4 is 5.32 Å². The molecule has 1 aliphatic carbocycles. The van der Waals surface area contributed by atoms with Crippen LogP contribution in [0.2, 0.25) is 0 Å². The average molecular weight is 288 g/mol. The van der Waals surface area contributed by atoms with Gasteiger partial charge in [0.2, 0.25) is 0 Å². The summed E-state index contributed by atoms with van der Waals surface area (Å²) in [4.78, 5) is 10.9. The van der Waals surface area contributed by atoms with Crippen LogP contribution in [-0.2, 0) is 11.3 Å². The molecule has 1 fully saturated rings. The minimum atomic E-state index is -0.833. The van der Waals surface area contributed by atoms with E-state index in [0.29, 0.717) is 23.9 Å². The molecule has 1 aliphatic rings. The first-order valence-electron chi connectivity index (χ1n) is 4.96. The lowest BCUT2D eigenvalue weighted by atomic mass is 10.2. The Morgan fingerprint density at radius 3 is 2.81 bits per heavy atom. The topological polar surface area (TPSA) is 49.3 Å². The van der Waals surface area contributed by atoms with Gasteiger partial charge in [0, 0.05) is 6.54 Å². The minimum absolute atomic E-state index is 0.334. The lowest BCUT2D eigenvalue weighted by Gasteiger charge is -2.13. The SMILES string of the molecule is O=C(O)C1(NCc2cccc(F)c2Br)CC1. The number of carboxylic acid groups (broad SMARTS) is 1. The number of rotatable bonds is 4. The smallest absolute Gasteiger partial charge is 0.323 e. The van der Waals surface area contributed by atoms with Crippen molar-refractivity contribution in [2.75, 3.05) is 0 Å². The maximum Gasteiger partial charge on any atom is 0.323 e. The monoisotopic (exact) mass is 287 g/mol. The maximum absolute atomic E-state index is 13.2. The van der Waals surface area contributed by atoms with E-state index in [1.165, 1.54) is 6.07 Å². The molecule has 2 rings (SSSR count). The molecule has 0 amide bonds. The molecule has 0 unspecified atom stereocenters. The Balaban J connectivity index is 2.06. The fraction of sp³-hybridized carbons (Fsp3) is 0.364. The van der Waals surface area contributed by atoms with Crippen LogP contribution in [0.5, 0.6) is 0 Å². The van der Waals surface area contributed by atoms with E-state index in [1.807, 2.05) is 0 Å². The number of halogens is 2. The van der Waals surface area contributed by atoms with E-state index >= 15 is 0 Å². The molecule has 16 heavy (non-hydrogen) atoms. The van der Waals surface area contributed by atoms with Crippen LogP contribution in [0.3, 0.4) is 0 Å². The quantitative estimate of drug-likeness (QED) is 0.893. The van der Waals surface area contributed by atoms with Gasteiger partial charge in [0.15, 0.2) is 0 Å². The van der Waals surface area contributed by atoms with E-state index in [2.05, 4.69) is 21.2 Å². The first-order chi connectivity index (χ1) is 7.55. The molecule has 1 saturated carbocycles. The zero-order valence-electron chi connectivity index (χ0n) is 8.46. The number of hydrogen-bond donors (Lipinski definition) is 2. The second-order valence-corrected chi connectivity index (χ2v) is 4.75. The molecule has 0 aliphatic heterocycles. The minimum Gasteiger partial charge on any atom is -0.480 e. The van der Waals surface area contributed by atoms with Crippen molar-refractivity contribution in [3.63, 3.8) is 0 Å². The highest BCUT2D eigenvalue weighted by Gasteiger charge is 2.49. The van der Waals surface area contributed by atoms with Gasteiger partial charge in [-0.3, -0.25) is 10.1 Å². The summed E-state index contributed by atoms with van der Waals surface area (Å²) in [5, 5.41) is 11.9. The summed E-state index contributed by atoms with van der Waals surface area (Å²) in [5.74, 6) is -1.17. The summed E-state index contributed by atoms with van der Waals surface area (Å²) < 4.78 is 13.6. The zero-order chi connectivity index (χ0) is 11.8. The highest BCUT2D eigenvalue weighted by Crippen LogP contribution is 2.36. The number of benzene rings is 1. The van der Waals surface area contributed by atoms with E-state index in [4.69, 9.17) is 5.11 Å². The molecular weight excluding hydrogens is 277 g/mol. The second-order valence-electron chi connectivity index (χ2n) is 3.95. The average Bonchev–Trinajstić information content (AvgIpc) is 3.01. The van der Waals surface area contributed by atoms with Crippen LogP contribution in [0, 0.1) is 5.82 Å². The van der Waals surface area contributed by atoms with Crippen LogP contribution >= 0.6 is 15.9 Å². The van der Waals surface area contributed by atoms with Crippen LogP contribution in [0.25, 0.3) is 0 Å². The Bertz CT molecular complexity index is 432. The largest absolute Gasteiger partial charge is 0.480 e. The maximum atomic E-state index is 13.2. The van der Waals surface area contributed by atoms with Crippen molar-refractivity contribution in [2.45, 2.75) is 24.9 Å². The Hall–Kier alpha value is -0.940. The first kappa shape index (κ1) is 11.5. The van der Waals surface area contributed by atoms with Crippen LogP contribution in [0.4, 0.5) is 4.39 Å². The lowest BCUT2D eigenvalue weighted by molar-refractivity contribution is -0.140. The number of aliphatic carboxylic acids is 1. The molecular formula is C11H11BrFNO2. The van der Waals surface area contributed by atoms with Crippen molar-refractivity contribution >= 4 is 21.9 Å². The van der Waals surface area contributed by atoms with Gasteiger partial charge in [0.25, 0.3) is 0 Å². The Kier molecular flexibility index (Phi) is 2.99. The van der Waals surface area contributed by atoms with Crippen LogP contribution in [0.15, 0.2) is 22.7 Å². The molecule has 0 heterocycles. The lowest BCUT2D eigenvalue weighted by Crippen LogP contribution is -2.38. The predicted octanol–water partition coefficient (Wildman–Crippen LogP) is 2.29. The van der Waals surface area contributed by atoms with E-state index in [0.717, 1.165) is 5.56 Å². The molecule has 0 radical (unpaired) electrons. The molecule has 1 aromatic carbocycles. The molecule has 5 heteroatoms. The highest BCUT2D eigenvalue weighted by molar-refractivity contribution is 9.10. The second kappa shape index (κ2) is 4.14. The molecule has 1 aromatic rings. The van der Waals surface area contributed by atoms with E-state index in [9.17, 15) is 9.18 Å². The molecule has 86 valence electrons. The molecule has 3 nitrogen and oxygen atoms in total. The van der Waals surface area contributed by atoms with Crippen molar-refractivity contribution in [3.05, 3.63) is 34.1 Å². The number of hydrogen-bond acceptors (Lipinski definition) is 2. The third-order valence-corrected chi connectivity index (χ3v) is 3.70. The third-order valence-electron chi connectivity index (χ3n) is 2.81. The highest BCUT2D eigenvalue weighted by atomic mass is 79.9. The van der Waals surface area contributed by atoms with Gasteiger partial charge in [0.05, 0.1) is 4.47 Å². The molecule has 0 atom stereocenters. The van der Waals surface area contributed by atoms with Gasteiger partial charge in [-0.05, 0) is 40.4 Å². The molecule has 0 aromatic heterocycles. The Morgan fingerprint density at radius 2 is 2.25 bits per heavy atom. The molecule has 0 spiro atoms. The van der Waals surface area contributed by atoms with Crippen molar-refractivity contribution in [1.82, 2.24) is 5.32 Å². The van der Waals surface area contributed by atoms with Crippen molar-refractivity contribution in [2.24, 2.45) is 0 Å². The van der Waals surface area contributed by atoms with Gasteiger partial charge >= 0.3 is 5.97 Å². The van der Waals surface area contributed by atoms with Crippen molar-refractivity contribution < 1.29 is 14.3 Å². The van der Waals surface area contributed by atoms with Crippen molar-refractivity contribution in [1.29, 1.82) is 0 Å². The summed E-state index contributed by atoms with van der Waals surface area (Å²) in [5.41, 5.74) is -0.0568. The number of nitrogens with one attached hydrogen (secondary N) is 1. The van der Waals surface area contributed by atoms with Gasteiger partial charge in [-0.1, -0.05) is 12.1 Å². The molecule has 0 saturated heterocycles. The predicted molar refractivity (Wildman–Crippen MR) is 60.5 cm³/mol. The summed E-state index contributed by atoms with van der Waals surface area (Å²) in [6.07, 6.45) is 1.27. The molecule has 0 bridgehead atoms. The molecule has 2 N–H and O–H groups in total. The van der Waals surface area contributed by atoms with E-state index < -0.39 is 11.5 Å². The standard InChI is InChI=1S/C11H11BrFNO2/c12-9-7(2-1-3-8(9)13)6-14-11(4-5-11)10(15)16/h1-3,14H,4-6H2,(H,15,16). The number of carbonyl (C=O) groups is 1. The van der Waals surface area contributed by atoms with Gasteiger partial charge < -0.3 is 5.11 Å². The first-order valence-corrected chi connectivity index (χ1v) is 5.76. The van der Waals surface area contributed by atoms with Gasteiger partial charge in [-0.15, -0.1) is 0 Å². The number of carboxylic acids is 1. The summed E-state index contributed by atoms with van der Waals surface area (Å²) in [7, 11) is 0. The van der Waals surface area contributed by atoms with Gasteiger partial charge in [-0.25, -0.2) is 4.39 Å². The Morgan fingerprint density at radius 1 is 1.56 bits per heavy atom. The van der Waals surface area contributed by atoms with Gasteiger partial charge in [0.1, 0.15) is 11.4 Å². The summed E-state index contributed by atoms with van der Waals surface area (Å²) >= 11 is 3.14. The van der Waals surface area contributed by atoms with E-state index in [1.54, 1.807) is 12.1 Å². The third kappa shape index (κ3) is 2.10. The van der Waals surface area contributed by atoms with Crippen LogP contribution in [0.1, 0.15) is 18.4 Å². The summed E-state index contributed by atoms with van der Waals surface area (Å²) in [6, 6.07) is 4.73. The van der Waals surface area contributed by atoms with Gasteiger partial charge in [-0.2, -0.15) is 0 Å². The normalized spacial score (nSPS) is 17.1. The van der Waals surface area contributed by atoms with E-state index in [-0.39, 0.29) is 5.82 Å². The van der Waals surface area contributed by atoms with Crippen LogP contribution in [-0.4, -0.2) is 16.6 Å². The van der Waals surface area contributed by atoms with Crippen molar-refractivity contribution in [3.8, 4) is 0 Å². The fourth-order valence-electron chi connectivity index (χ4n) is 1.54. The zero-order valence-corrected chi connectivity index (χ0v) is 10.1.